The number of benzene rings is 2. The third-order valence-corrected chi connectivity index (χ3v) is 4.00. The molecule has 0 radical (unpaired) electrons. The predicted octanol–water partition coefficient (Wildman–Crippen LogP) is 5.09. The van der Waals surface area contributed by atoms with Gasteiger partial charge in [-0.05, 0) is 24.6 Å². The lowest BCUT2D eigenvalue weighted by atomic mass is 10.0. The smallest absolute Gasteiger partial charge is 0.0361 e. The van der Waals surface area contributed by atoms with Gasteiger partial charge in [0.05, 0.1) is 0 Å². The Bertz CT molecular complexity index is 689. The maximum atomic E-state index is 4.07. The molecule has 1 heteroatoms. The van der Waals surface area contributed by atoms with Gasteiger partial charge < -0.3 is 0 Å². The SMILES string of the molecule is C=C(C)c1cccc2sc3ccccc3c12. The lowest BCUT2D eigenvalue weighted by molar-refractivity contribution is 1.67. The molecule has 0 saturated carbocycles. The first-order valence-corrected chi connectivity index (χ1v) is 6.15. The Balaban J connectivity index is 2.57. The highest BCUT2D eigenvalue weighted by molar-refractivity contribution is 7.25. The van der Waals surface area contributed by atoms with E-state index in [-0.39, 0.29) is 0 Å². The largest absolute Gasteiger partial charge is 0.135 e. The first-order valence-electron chi connectivity index (χ1n) is 5.33. The molecule has 2 aromatic carbocycles. The summed E-state index contributed by atoms with van der Waals surface area (Å²) in [5.41, 5.74) is 2.41. The Morgan fingerprint density at radius 3 is 2.56 bits per heavy atom. The molecular weight excluding hydrogens is 212 g/mol. The van der Waals surface area contributed by atoms with Crippen LogP contribution in [0.15, 0.2) is 49.0 Å². The second-order valence-electron chi connectivity index (χ2n) is 4.06. The van der Waals surface area contributed by atoms with Gasteiger partial charge in [-0.1, -0.05) is 42.5 Å². The van der Waals surface area contributed by atoms with E-state index in [1.165, 1.54) is 25.7 Å². The van der Waals surface area contributed by atoms with Gasteiger partial charge >= 0.3 is 0 Å². The molecule has 0 spiro atoms. The third kappa shape index (κ3) is 1.29. The van der Waals surface area contributed by atoms with Crippen LogP contribution in [0.2, 0.25) is 0 Å². The molecule has 78 valence electrons. The fourth-order valence-corrected chi connectivity index (χ4v) is 3.26. The zero-order chi connectivity index (χ0) is 11.1. The number of hydrogen-bond donors (Lipinski definition) is 0. The molecule has 0 N–H and O–H groups in total. The van der Waals surface area contributed by atoms with Crippen LogP contribution in [0.1, 0.15) is 12.5 Å². The molecule has 16 heavy (non-hydrogen) atoms. The number of fused-ring (bicyclic) bond motifs is 3. The second-order valence-corrected chi connectivity index (χ2v) is 5.14. The molecule has 0 aliphatic rings. The van der Waals surface area contributed by atoms with Crippen LogP contribution in [0.4, 0.5) is 0 Å². The first kappa shape index (κ1) is 9.61. The van der Waals surface area contributed by atoms with Gasteiger partial charge in [0.2, 0.25) is 0 Å². The van der Waals surface area contributed by atoms with Crippen LogP contribution >= 0.6 is 11.3 Å². The average molecular weight is 224 g/mol. The van der Waals surface area contributed by atoms with E-state index < -0.39 is 0 Å². The molecule has 0 aliphatic carbocycles. The zero-order valence-corrected chi connectivity index (χ0v) is 9.97. The minimum absolute atomic E-state index is 1.13. The van der Waals surface area contributed by atoms with Gasteiger partial charge in [-0.3, -0.25) is 0 Å². The van der Waals surface area contributed by atoms with E-state index >= 15 is 0 Å². The quantitative estimate of drug-likeness (QED) is 0.540. The normalized spacial score (nSPS) is 11.1. The van der Waals surface area contributed by atoms with Gasteiger partial charge in [0.1, 0.15) is 0 Å². The lowest BCUT2D eigenvalue weighted by Gasteiger charge is -2.02. The Morgan fingerprint density at radius 2 is 1.75 bits per heavy atom. The van der Waals surface area contributed by atoms with Crippen LogP contribution < -0.4 is 0 Å². The summed E-state index contributed by atoms with van der Waals surface area (Å²) >= 11 is 1.85. The molecular formula is C15H12S. The number of rotatable bonds is 1. The number of hydrogen-bond acceptors (Lipinski definition) is 1. The monoisotopic (exact) mass is 224 g/mol. The highest BCUT2D eigenvalue weighted by atomic mass is 32.1. The van der Waals surface area contributed by atoms with Crippen LogP contribution in [0.3, 0.4) is 0 Å². The highest BCUT2D eigenvalue weighted by Crippen LogP contribution is 2.37. The summed E-state index contributed by atoms with van der Waals surface area (Å²) in [6.07, 6.45) is 0. The molecule has 3 rings (SSSR count). The fourth-order valence-electron chi connectivity index (χ4n) is 2.13. The van der Waals surface area contributed by atoms with Crippen LogP contribution in [0.25, 0.3) is 25.7 Å². The van der Waals surface area contributed by atoms with Crippen molar-refractivity contribution in [3.63, 3.8) is 0 Å². The van der Waals surface area contributed by atoms with Crippen molar-refractivity contribution in [2.24, 2.45) is 0 Å². The van der Waals surface area contributed by atoms with Crippen molar-refractivity contribution in [3.05, 3.63) is 54.6 Å². The average Bonchev–Trinajstić information content (AvgIpc) is 2.66. The van der Waals surface area contributed by atoms with Crippen LogP contribution in [-0.2, 0) is 0 Å². The maximum Gasteiger partial charge on any atom is 0.0361 e. The summed E-state index contributed by atoms with van der Waals surface area (Å²) < 4.78 is 2.70. The number of thiophene rings is 1. The summed E-state index contributed by atoms with van der Waals surface area (Å²) in [5.74, 6) is 0. The summed E-state index contributed by atoms with van der Waals surface area (Å²) in [6, 6.07) is 15.0. The minimum Gasteiger partial charge on any atom is -0.135 e. The van der Waals surface area contributed by atoms with Crippen molar-refractivity contribution < 1.29 is 0 Å². The van der Waals surface area contributed by atoms with E-state index in [0.717, 1.165) is 5.57 Å². The first-order chi connectivity index (χ1) is 7.77. The van der Waals surface area contributed by atoms with Gasteiger partial charge in [0.25, 0.3) is 0 Å². The van der Waals surface area contributed by atoms with Crippen LogP contribution in [0.5, 0.6) is 0 Å². The van der Waals surface area contributed by atoms with Crippen molar-refractivity contribution in [1.82, 2.24) is 0 Å². The molecule has 1 aromatic heterocycles. The lowest BCUT2D eigenvalue weighted by Crippen LogP contribution is -1.78. The van der Waals surface area contributed by atoms with Gasteiger partial charge in [0.15, 0.2) is 0 Å². The maximum absolute atomic E-state index is 4.07. The van der Waals surface area contributed by atoms with Gasteiger partial charge in [0, 0.05) is 20.2 Å². The summed E-state index contributed by atoms with van der Waals surface area (Å²) in [5, 5.41) is 2.71. The Labute approximate surface area is 98.8 Å². The van der Waals surface area contributed by atoms with E-state index in [9.17, 15) is 0 Å². The van der Waals surface area contributed by atoms with E-state index in [4.69, 9.17) is 0 Å². The standard InChI is InChI=1S/C15H12S/c1-10(2)11-7-5-9-14-15(11)12-6-3-4-8-13(12)16-14/h3-9H,1H2,2H3. The molecule has 1 heterocycles. The Morgan fingerprint density at radius 1 is 1.00 bits per heavy atom. The van der Waals surface area contributed by atoms with Crippen LogP contribution in [-0.4, -0.2) is 0 Å². The fraction of sp³-hybridized carbons (Fsp3) is 0.0667. The zero-order valence-electron chi connectivity index (χ0n) is 9.16. The van der Waals surface area contributed by atoms with E-state index in [2.05, 4.69) is 56.0 Å². The Hall–Kier alpha value is -1.60. The summed E-state index contributed by atoms with van der Waals surface area (Å²) in [7, 11) is 0. The molecule has 0 unspecified atom stereocenters. The summed E-state index contributed by atoms with van der Waals surface area (Å²) in [6.45, 7) is 6.14. The molecule has 0 nitrogen and oxygen atoms in total. The van der Waals surface area contributed by atoms with Crippen LogP contribution in [0, 0.1) is 0 Å². The highest BCUT2D eigenvalue weighted by Gasteiger charge is 2.08. The van der Waals surface area contributed by atoms with Gasteiger partial charge in [-0.25, -0.2) is 0 Å². The Kier molecular flexibility index (Phi) is 2.08. The topological polar surface area (TPSA) is 0 Å². The van der Waals surface area contributed by atoms with Crippen molar-refractivity contribution in [1.29, 1.82) is 0 Å². The van der Waals surface area contributed by atoms with Crippen molar-refractivity contribution >= 4 is 37.1 Å². The number of allylic oxidation sites excluding steroid dienone is 1. The summed E-state index contributed by atoms with van der Waals surface area (Å²) in [4.78, 5) is 0. The molecule has 0 bridgehead atoms. The van der Waals surface area contributed by atoms with E-state index in [0.29, 0.717) is 0 Å². The van der Waals surface area contributed by atoms with E-state index in [1.54, 1.807) is 0 Å². The molecule has 0 amide bonds. The van der Waals surface area contributed by atoms with Gasteiger partial charge in [-0.15, -0.1) is 11.3 Å². The molecule has 0 aliphatic heterocycles. The molecule has 3 aromatic rings. The molecule has 0 saturated heterocycles. The predicted molar refractivity (Wildman–Crippen MR) is 74.0 cm³/mol. The molecule has 0 fully saturated rings. The van der Waals surface area contributed by atoms with Gasteiger partial charge in [-0.2, -0.15) is 0 Å². The molecule has 0 atom stereocenters. The minimum atomic E-state index is 1.13. The second kappa shape index (κ2) is 3.46. The van der Waals surface area contributed by atoms with Crippen molar-refractivity contribution in [2.45, 2.75) is 6.92 Å². The third-order valence-electron chi connectivity index (χ3n) is 2.86. The van der Waals surface area contributed by atoms with Crippen molar-refractivity contribution in [2.75, 3.05) is 0 Å². The van der Waals surface area contributed by atoms with Crippen molar-refractivity contribution in [3.8, 4) is 0 Å². The van der Waals surface area contributed by atoms with E-state index in [1.807, 2.05) is 11.3 Å².